The van der Waals surface area contributed by atoms with Gasteiger partial charge in [0.25, 0.3) is 5.91 Å². The van der Waals surface area contributed by atoms with Gasteiger partial charge in [0, 0.05) is 19.5 Å². The molecule has 3 unspecified atom stereocenters. The standard InChI is InChI=1S/C18H23FN2O3/c1-10-7-13(10)17(23)20-15-6-5-12(19)8-14(15)18(24)21(2)9-16(22)11-3-4-11/h5-6,8,10-11,13,16,22H,3-4,7,9H2,1-2H3,(H,20,23). The molecule has 1 aromatic rings. The average Bonchev–Trinajstić information content (AvgIpc) is 3.42. The fraction of sp³-hybridized carbons (Fsp3) is 0.556. The fourth-order valence-electron chi connectivity index (χ4n) is 2.91. The van der Waals surface area contributed by atoms with Gasteiger partial charge in [-0.25, -0.2) is 4.39 Å². The molecule has 1 aromatic carbocycles. The van der Waals surface area contributed by atoms with Gasteiger partial charge in [-0.1, -0.05) is 6.92 Å². The summed E-state index contributed by atoms with van der Waals surface area (Å²) in [6, 6.07) is 3.77. The number of hydrogen-bond donors (Lipinski definition) is 2. The molecule has 5 nitrogen and oxygen atoms in total. The lowest BCUT2D eigenvalue weighted by Crippen LogP contribution is -2.35. The quantitative estimate of drug-likeness (QED) is 0.838. The molecule has 0 spiro atoms. The molecule has 24 heavy (non-hydrogen) atoms. The van der Waals surface area contributed by atoms with Gasteiger partial charge in [0.05, 0.1) is 17.4 Å². The number of amides is 2. The van der Waals surface area contributed by atoms with E-state index >= 15 is 0 Å². The van der Waals surface area contributed by atoms with E-state index in [1.54, 1.807) is 7.05 Å². The lowest BCUT2D eigenvalue weighted by atomic mass is 10.1. The lowest BCUT2D eigenvalue weighted by Gasteiger charge is -2.22. The van der Waals surface area contributed by atoms with Crippen LogP contribution in [0.4, 0.5) is 10.1 Å². The molecule has 2 aliphatic carbocycles. The highest BCUT2D eigenvalue weighted by molar-refractivity contribution is 6.04. The molecule has 0 heterocycles. The Bertz CT molecular complexity index is 660. The van der Waals surface area contributed by atoms with E-state index in [0.717, 1.165) is 25.3 Å². The van der Waals surface area contributed by atoms with Crippen LogP contribution in [-0.2, 0) is 4.79 Å². The van der Waals surface area contributed by atoms with E-state index in [9.17, 15) is 19.1 Å². The average molecular weight is 334 g/mol. The Balaban J connectivity index is 1.73. The molecule has 2 saturated carbocycles. The van der Waals surface area contributed by atoms with Crippen molar-refractivity contribution in [1.82, 2.24) is 4.90 Å². The molecule has 3 atom stereocenters. The first-order valence-corrected chi connectivity index (χ1v) is 8.40. The number of carbonyl (C=O) groups excluding carboxylic acids is 2. The minimum Gasteiger partial charge on any atom is -0.391 e. The van der Waals surface area contributed by atoms with Gasteiger partial charge in [0.15, 0.2) is 0 Å². The number of nitrogens with one attached hydrogen (secondary N) is 1. The molecule has 2 fully saturated rings. The first-order chi connectivity index (χ1) is 11.4. The number of aliphatic hydroxyl groups is 1. The topological polar surface area (TPSA) is 69.6 Å². The fourth-order valence-corrected chi connectivity index (χ4v) is 2.91. The Morgan fingerprint density at radius 1 is 1.42 bits per heavy atom. The summed E-state index contributed by atoms with van der Waals surface area (Å²) in [6.45, 7) is 2.20. The zero-order chi connectivity index (χ0) is 17.4. The first kappa shape index (κ1) is 16.9. The van der Waals surface area contributed by atoms with E-state index in [-0.39, 0.29) is 29.9 Å². The number of likely N-dealkylation sites (N-methyl/N-ethyl adjacent to an activating group) is 1. The van der Waals surface area contributed by atoms with Crippen LogP contribution in [0.25, 0.3) is 0 Å². The molecule has 3 rings (SSSR count). The van der Waals surface area contributed by atoms with Gasteiger partial charge in [-0.3, -0.25) is 9.59 Å². The van der Waals surface area contributed by atoms with Crippen LogP contribution in [0, 0.1) is 23.6 Å². The molecule has 0 saturated heterocycles. The van der Waals surface area contributed by atoms with Gasteiger partial charge >= 0.3 is 0 Å². The van der Waals surface area contributed by atoms with E-state index in [1.807, 2.05) is 6.92 Å². The summed E-state index contributed by atoms with van der Waals surface area (Å²) in [5.74, 6) is -0.513. The van der Waals surface area contributed by atoms with Gasteiger partial charge in [0.2, 0.25) is 5.91 Å². The number of carbonyl (C=O) groups is 2. The molecule has 0 bridgehead atoms. The maximum absolute atomic E-state index is 13.6. The van der Waals surface area contributed by atoms with Crippen LogP contribution in [-0.4, -0.2) is 41.5 Å². The van der Waals surface area contributed by atoms with Crippen molar-refractivity contribution >= 4 is 17.5 Å². The summed E-state index contributed by atoms with van der Waals surface area (Å²) in [6.07, 6.45) is 2.23. The number of hydrogen-bond acceptors (Lipinski definition) is 3. The Kier molecular flexibility index (Phi) is 4.58. The molecule has 2 N–H and O–H groups in total. The second-order valence-electron chi connectivity index (χ2n) is 7.09. The predicted molar refractivity (Wildman–Crippen MR) is 88.0 cm³/mol. The summed E-state index contributed by atoms with van der Waals surface area (Å²) in [5.41, 5.74) is 0.431. The number of halogens is 1. The summed E-state index contributed by atoms with van der Waals surface area (Å²) in [4.78, 5) is 26.1. The van der Waals surface area contributed by atoms with Gasteiger partial charge < -0.3 is 15.3 Å². The molecule has 0 aromatic heterocycles. The third kappa shape index (κ3) is 3.75. The van der Waals surface area contributed by atoms with Crippen molar-refractivity contribution < 1.29 is 19.1 Å². The minimum atomic E-state index is -0.558. The summed E-state index contributed by atoms with van der Waals surface area (Å²) in [5, 5.41) is 12.7. The zero-order valence-corrected chi connectivity index (χ0v) is 14.0. The summed E-state index contributed by atoms with van der Waals surface area (Å²) < 4.78 is 13.6. The van der Waals surface area contributed by atoms with Crippen LogP contribution in [0.2, 0.25) is 0 Å². The highest BCUT2D eigenvalue weighted by Gasteiger charge is 2.39. The van der Waals surface area contributed by atoms with E-state index in [1.165, 1.54) is 17.0 Å². The largest absolute Gasteiger partial charge is 0.391 e. The maximum atomic E-state index is 13.6. The third-order valence-electron chi connectivity index (χ3n) is 4.89. The number of nitrogens with zero attached hydrogens (tertiary/aromatic N) is 1. The molecule has 6 heteroatoms. The van der Waals surface area contributed by atoms with Crippen molar-refractivity contribution in [3.8, 4) is 0 Å². The van der Waals surface area contributed by atoms with Crippen molar-refractivity contribution in [2.24, 2.45) is 17.8 Å². The number of benzene rings is 1. The minimum absolute atomic E-state index is 0.0348. The van der Waals surface area contributed by atoms with E-state index in [2.05, 4.69) is 5.32 Å². The molecule has 0 aliphatic heterocycles. The van der Waals surface area contributed by atoms with Crippen LogP contribution < -0.4 is 5.32 Å². The van der Waals surface area contributed by atoms with E-state index < -0.39 is 17.8 Å². The van der Waals surface area contributed by atoms with Crippen molar-refractivity contribution in [2.45, 2.75) is 32.3 Å². The Morgan fingerprint density at radius 3 is 2.67 bits per heavy atom. The van der Waals surface area contributed by atoms with Gasteiger partial charge in [-0.2, -0.15) is 0 Å². The first-order valence-electron chi connectivity index (χ1n) is 8.40. The van der Waals surface area contributed by atoms with Crippen molar-refractivity contribution in [2.75, 3.05) is 18.9 Å². The molecule has 130 valence electrons. The molecule has 2 amide bonds. The Hall–Kier alpha value is -1.95. The SMILES string of the molecule is CC1CC1C(=O)Nc1ccc(F)cc1C(=O)N(C)CC(O)C1CC1. The van der Waals surface area contributed by atoms with Crippen molar-refractivity contribution in [3.63, 3.8) is 0 Å². The lowest BCUT2D eigenvalue weighted by molar-refractivity contribution is -0.117. The molecule has 2 aliphatic rings. The third-order valence-corrected chi connectivity index (χ3v) is 4.89. The molecular formula is C18H23FN2O3. The monoisotopic (exact) mass is 334 g/mol. The molecular weight excluding hydrogens is 311 g/mol. The summed E-state index contributed by atoms with van der Waals surface area (Å²) in [7, 11) is 1.58. The van der Waals surface area contributed by atoms with Gasteiger partial charge in [0.1, 0.15) is 5.82 Å². The molecule has 0 radical (unpaired) electrons. The maximum Gasteiger partial charge on any atom is 0.255 e. The normalized spacial score (nSPS) is 23.5. The predicted octanol–water partition coefficient (Wildman–Crippen LogP) is 2.26. The zero-order valence-electron chi connectivity index (χ0n) is 14.0. The highest BCUT2D eigenvalue weighted by Crippen LogP contribution is 2.38. The highest BCUT2D eigenvalue weighted by atomic mass is 19.1. The van der Waals surface area contributed by atoms with Crippen molar-refractivity contribution in [1.29, 1.82) is 0 Å². The number of aliphatic hydroxyl groups excluding tert-OH is 1. The van der Waals surface area contributed by atoms with Crippen LogP contribution in [0.15, 0.2) is 18.2 Å². The van der Waals surface area contributed by atoms with Crippen LogP contribution in [0.3, 0.4) is 0 Å². The van der Waals surface area contributed by atoms with Gasteiger partial charge in [-0.15, -0.1) is 0 Å². The van der Waals surface area contributed by atoms with Gasteiger partial charge in [-0.05, 0) is 49.3 Å². The smallest absolute Gasteiger partial charge is 0.255 e. The van der Waals surface area contributed by atoms with Crippen LogP contribution >= 0.6 is 0 Å². The van der Waals surface area contributed by atoms with E-state index in [4.69, 9.17) is 0 Å². The van der Waals surface area contributed by atoms with Crippen LogP contribution in [0.1, 0.15) is 36.5 Å². The van der Waals surface area contributed by atoms with E-state index in [0.29, 0.717) is 11.6 Å². The van der Waals surface area contributed by atoms with Crippen molar-refractivity contribution in [3.05, 3.63) is 29.6 Å². The summed E-state index contributed by atoms with van der Waals surface area (Å²) >= 11 is 0. The number of rotatable bonds is 6. The second-order valence-corrected chi connectivity index (χ2v) is 7.09. The number of anilines is 1. The Labute approximate surface area is 140 Å². The Morgan fingerprint density at radius 2 is 2.08 bits per heavy atom. The van der Waals surface area contributed by atoms with Crippen LogP contribution in [0.5, 0.6) is 0 Å². The second kappa shape index (κ2) is 6.51.